The molecular weight excluding hydrogens is 408 g/mol. The number of fused-ring (bicyclic) bond motifs is 3. The molecule has 0 bridgehead atoms. The molecule has 2 aliphatic rings. The quantitative estimate of drug-likeness (QED) is 0.634. The molecule has 1 atom stereocenters. The Morgan fingerprint density at radius 2 is 1.97 bits per heavy atom. The highest BCUT2D eigenvalue weighted by Gasteiger charge is 2.30. The van der Waals surface area contributed by atoms with Gasteiger partial charge in [-0.05, 0) is 61.6 Å². The molecule has 0 radical (unpaired) electrons. The lowest BCUT2D eigenvalue weighted by Gasteiger charge is -2.27. The van der Waals surface area contributed by atoms with Gasteiger partial charge in [0.15, 0.2) is 6.61 Å². The van der Waals surface area contributed by atoms with Crippen LogP contribution >= 0.6 is 0 Å². The monoisotopic (exact) mass is 432 g/mol. The van der Waals surface area contributed by atoms with Crippen LogP contribution in [0.15, 0.2) is 47.1 Å². The lowest BCUT2D eigenvalue weighted by molar-refractivity contribution is -0.147. The minimum Gasteiger partial charge on any atom is -0.464 e. The van der Waals surface area contributed by atoms with E-state index in [1.165, 1.54) is 16.0 Å². The Morgan fingerprint density at radius 3 is 2.81 bits per heavy atom. The number of esters is 1. The zero-order valence-corrected chi connectivity index (χ0v) is 17.8. The molecule has 0 fully saturated rings. The zero-order chi connectivity index (χ0) is 22.2. The van der Waals surface area contributed by atoms with E-state index in [9.17, 15) is 14.4 Å². The van der Waals surface area contributed by atoms with E-state index < -0.39 is 12.6 Å². The summed E-state index contributed by atoms with van der Waals surface area (Å²) in [4.78, 5) is 39.1. The number of nitrogens with zero attached hydrogens (tertiary/aromatic N) is 1. The van der Waals surface area contributed by atoms with Gasteiger partial charge in [0.05, 0.1) is 24.1 Å². The van der Waals surface area contributed by atoms with Crippen molar-refractivity contribution < 1.29 is 23.5 Å². The van der Waals surface area contributed by atoms with Gasteiger partial charge < -0.3 is 19.4 Å². The number of carbonyl (C=O) groups excluding carboxylic acids is 3. The number of aryl methyl sites for hydroxylation is 2. The number of anilines is 2. The van der Waals surface area contributed by atoms with Crippen LogP contribution in [0.2, 0.25) is 0 Å². The maximum Gasteiger partial charge on any atom is 0.310 e. The SMILES string of the molecule is CC1CC(=O)Nc2ccccc2N1C(=O)COC(=O)Cc1coc2cc3c(cc12)CCC3. The summed E-state index contributed by atoms with van der Waals surface area (Å²) < 4.78 is 11.0. The van der Waals surface area contributed by atoms with E-state index in [-0.39, 0.29) is 30.7 Å². The number of benzene rings is 2. The molecule has 2 heterocycles. The van der Waals surface area contributed by atoms with Gasteiger partial charge in [0, 0.05) is 23.4 Å². The molecule has 3 aromatic rings. The predicted octanol–water partition coefficient (Wildman–Crippen LogP) is 3.77. The Kier molecular flexibility index (Phi) is 5.17. The maximum atomic E-state index is 13.0. The fourth-order valence-corrected chi connectivity index (χ4v) is 4.67. The Labute approximate surface area is 185 Å². The molecule has 7 heteroatoms. The molecule has 164 valence electrons. The molecule has 7 nitrogen and oxygen atoms in total. The number of ether oxygens (including phenoxy) is 1. The lowest BCUT2D eigenvalue weighted by atomic mass is 10.0. The second-order valence-corrected chi connectivity index (χ2v) is 8.45. The average Bonchev–Trinajstić information content (AvgIpc) is 3.35. The number of para-hydroxylation sites is 2. The Balaban J connectivity index is 1.28. The molecule has 1 N–H and O–H groups in total. The molecule has 5 rings (SSSR count). The second-order valence-electron chi connectivity index (χ2n) is 8.45. The molecule has 1 aliphatic heterocycles. The van der Waals surface area contributed by atoms with Gasteiger partial charge in [-0.3, -0.25) is 14.4 Å². The van der Waals surface area contributed by atoms with E-state index in [1.54, 1.807) is 37.5 Å². The molecule has 1 aliphatic carbocycles. The van der Waals surface area contributed by atoms with Crippen molar-refractivity contribution in [3.05, 3.63) is 59.4 Å². The smallest absolute Gasteiger partial charge is 0.310 e. The van der Waals surface area contributed by atoms with Crippen molar-refractivity contribution in [1.82, 2.24) is 0 Å². The number of rotatable bonds is 4. The number of hydrogen-bond acceptors (Lipinski definition) is 5. The van der Waals surface area contributed by atoms with E-state index in [0.717, 1.165) is 35.8 Å². The van der Waals surface area contributed by atoms with E-state index in [0.29, 0.717) is 11.4 Å². The van der Waals surface area contributed by atoms with Gasteiger partial charge in [-0.1, -0.05) is 12.1 Å². The first-order chi connectivity index (χ1) is 15.5. The zero-order valence-electron chi connectivity index (χ0n) is 17.8. The largest absolute Gasteiger partial charge is 0.464 e. The third kappa shape index (κ3) is 3.75. The fraction of sp³-hybridized carbons (Fsp3) is 0.320. The van der Waals surface area contributed by atoms with Crippen molar-refractivity contribution in [3.8, 4) is 0 Å². The first-order valence-electron chi connectivity index (χ1n) is 10.9. The van der Waals surface area contributed by atoms with Crippen LogP contribution < -0.4 is 10.2 Å². The summed E-state index contributed by atoms with van der Waals surface area (Å²) in [6, 6.07) is 10.9. The molecule has 2 aromatic carbocycles. The van der Waals surface area contributed by atoms with Crippen molar-refractivity contribution in [1.29, 1.82) is 0 Å². The van der Waals surface area contributed by atoms with Crippen LogP contribution in [-0.2, 0) is 38.4 Å². The average molecular weight is 432 g/mol. The first kappa shape index (κ1) is 20.3. The summed E-state index contributed by atoms with van der Waals surface area (Å²) in [5.74, 6) is -1.02. The minimum atomic E-state index is -0.494. The van der Waals surface area contributed by atoms with Gasteiger partial charge in [0.2, 0.25) is 5.91 Å². The molecular formula is C25H24N2O5. The van der Waals surface area contributed by atoms with Crippen molar-refractivity contribution in [2.75, 3.05) is 16.8 Å². The van der Waals surface area contributed by atoms with Gasteiger partial charge >= 0.3 is 5.97 Å². The summed E-state index contributed by atoms with van der Waals surface area (Å²) in [6.07, 6.45) is 5.03. The summed E-state index contributed by atoms with van der Waals surface area (Å²) in [5, 5.41) is 3.74. The van der Waals surface area contributed by atoms with E-state index in [1.807, 2.05) is 0 Å². The van der Waals surface area contributed by atoms with E-state index in [2.05, 4.69) is 17.4 Å². The van der Waals surface area contributed by atoms with Crippen molar-refractivity contribution >= 4 is 40.1 Å². The Bertz CT molecular complexity index is 1230. The molecule has 32 heavy (non-hydrogen) atoms. The lowest BCUT2D eigenvalue weighted by Crippen LogP contribution is -2.41. The van der Waals surface area contributed by atoms with Crippen LogP contribution in [0.4, 0.5) is 11.4 Å². The Hall–Kier alpha value is -3.61. The van der Waals surface area contributed by atoms with Gasteiger partial charge in [-0.2, -0.15) is 0 Å². The number of hydrogen-bond donors (Lipinski definition) is 1. The van der Waals surface area contributed by atoms with Gasteiger partial charge in [-0.25, -0.2) is 0 Å². The number of amides is 2. The van der Waals surface area contributed by atoms with E-state index >= 15 is 0 Å². The van der Waals surface area contributed by atoms with Gasteiger partial charge in [0.25, 0.3) is 5.91 Å². The third-order valence-corrected chi connectivity index (χ3v) is 6.19. The molecule has 1 unspecified atom stereocenters. The molecule has 1 aromatic heterocycles. The molecule has 0 spiro atoms. The van der Waals surface area contributed by atoms with Crippen molar-refractivity contribution in [3.63, 3.8) is 0 Å². The normalized spacial score (nSPS) is 17.5. The number of nitrogens with one attached hydrogen (secondary N) is 1. The predicted molar refractivity (Wildman–Crippen MR) is 120 cm³/mol. The fourth-order valence-electron chi connectivity index (χ4n) is 4.67. The molecule has 0 saturated carbocycles. The number of carbonyl (C=O) groups is 3. The van der Waals surface area contributed by atoms with Crippen molar-refractivity contribution in [2.24, 2.45) is 0 Å². The summed E-state index contributed by atoms with van der Waals surface area (Å²) in [7, 11) is 0. The highest BCUT2D eigenvalue weighted by molar-refractivity contribution is 6.05. The topological polar surface area (TPSA) is 88.9 Å². The highest BCUT2D eigenvalue weighted by atomic mass is 16.5. The van der Waals surface area contributed by atoms with E-state index in [4.69, 9.17) is 9.15 Å². The summed E-state index contributed by atoms with van der Waals surface area (Å²) in [5.41, 5.74) is 5.32. The van der Waals surface area contributed by atoms with Crippen LogP contribution in [0.25, 0.3) is 11.0 Å². The number of furan rings is 1. The van der Waals surface area contributed by atoms with Crippen LogP contribution in [0.5, 0.6) is 0 Å². The second kappa shape index (κ2) is 8.15. The van der Waals surface area contributed by atoms with Crippen LogP contribution in [-0.4, -0.2) is 30.4 Å². The Morgan fingerprint density at radius 1 is 1.19 bits per heavy atom. The molecule has 2 amide bonds. The van der Waals surface area contributed by atoms with Crippen LogP contribution in [0.1, 0.15) is 36.5 Å². The standard InChI is InChI=1S/C25H24N2O5/c1-15-9-23(28)26-20-7-2-3-8-21(20)27(15)24(29)14-32-25(30)12-18-13-31-22-11-17-6-4-5-16(17)10-19(18)22/h2-3,7-8,10-11,13,15H,4-6,9,12,14H2,1H3,(H,26,28). The van der Waals surface area contributed by atoms with Crippen molar-refractivity contribution in [2.45, 2.75) is 45.1 Å². The summed E-state index contributed by atoms with van der Waals surface area (Å²) in [6.45, 7) is 1.41. The molecule has 0 saturated heterocycles. The third-order valence-electron chi connectivity index (χ3n) is 6.19. The van der Waals surface area contributed by atoms with Crippen LogP contribution in [0, 0.1) is 0 Å². The van der Waals surface area contributed by atoms with Gasteiger partial charge in [-0.15, -0.1) is 0 Å². The summed E-state index contributed by atoms with van der Waals surface area (Å²) >= 11 is 0. The minimum absolute atomic E-state index is 0.0330. The van der Waals surface area contributed by atoms with Crippen LogP contribution in [0.3, 0.4) is 0 Å². The highest BCUT2D eigenvalue weighted by Crippen LogP contribution is 2.32. The maximum absolute atomic E-state index is 13.0. The first-order valence-corrected chi connectivity index (χ1v) is 10.9. The van der Waals surface area contributed by atoms with Gasteiger partial charge in [0.1, 0.15) is 5.58 Å².